The second kappa shape index (κ2) is 4.16. The molecule has 2 rings (SSSR count). The Hall–Kier alpha value is -2.14. The number of aliphatic hydroxyl groups excluding tert-OH is 1. The van der Waals surface area contributed by atoms with Gasteiger partial charge in [-0.1, -0.05) is 12.1 Å². The zero-order chi connectivity index (χ0) is 11.5. The summed E-state index contributed by atoms with van der Waals surface area (Å²) < 4.78 is 1.65. The fraction of sp³-hybridized carbons (Fsp3) is 0.0909. The Morgan fingerprint density at radius 2 is 2.00 bits per heavy atom. The van der Waals surface area contributed by atoms with Crippen LogP contribution in [0.3, 0.4) is 0 Å². The van der Waals surface area contributed by atoms with Crippen molar-refractivity contribution >= 4 is 5.97 Å². The molecule has 82 valence electrons. The zero-order valence-electron chi connectivity index (χ0n) is 8.32. The molecule has 1 heterocycles. The SMILES string of the molecule is O=C(O)C(O)c1ccc(-n2cccn2)cc1. The van der Waals surface area contributed by atoms with Crippen molar-refractivity contribution in [1.29, 1.82) is 0 Å². The first-order valence-corrected chi connectivity index (χ1v) is 4.69. The molecule has 16 heavy (non-hydrogen) atoms. The van der Waals surface area contributed by atoms with Gasteiger partial charge in [-0.05, 0) is 23.8 Å². The van der Waals surface area contributed by atoms with E-state index in [9.17, 15) is 9.90 Å². The molecule has 0 aliphatic rings. The summed E-state index contributed by atoms with van der Waals surface area (Å²) in [6.07, 6.45) is 1.95. The van der Waals surface area contributed by atoms with Gasteiger partial charge in [0.1, 0.15) is 0 Å². The maximum Gasteiger partial charge on any atom is 0.337 e. The first-order chi connectivity index (χ1) is 7.68. The van der Waals surface area contributed by atoms with E-state index in [0.717, 1.165) is 5.69 Å². The molecule has 0 aliphatic heterocycles. The van der Waals surface area contributed by atoms with Crippen LogP contribution in [0.5, 0.6) is 0 Å². The molecular formula is C11H10N2O3. The molecule has 1 atom stereocenters. The zero-order valence-corrected chi connectivity index (χ0v) is 8.32. The maximum absolute atomic E-state index is 10.5. The summed E-state index contributed by atoms with van der Waals surface area (Å²) in [6, 6.07) is 8.33. The Morgan fingerprint density at radius 1 is 1.31 bits per heavy atom. The summed E-state index contributed by atoms with van der Waals surface area (Å²) in [5.74, 6) is -1.26. The van der Waals surface area contributed by atoms with Gasteiger partial charge in [0, 0.05) is 12.4 Å². The molecule has 0 bridgehead atoms. The predicted octanol–water partition coefficient (Wildman–Crippen LogP) is 0.990. The number of rotatable bonds is 3. The Morgan fingerprint density at radius 3 is 2.50 bits per heavy atom. The highest BCUT2D eigenvalue weighted by Crippen LogP contribution is 2.15. The molecule has 5 heteroatoms. The molecule has 0 saturated carbocycles. The normalized spacial score (nSPS) is 12.3. The Balaban J connectivity index is 2.26. The lowest BCUT2D eigenvalue weighted by Crippen LogP contribution is -2.10. The van der Waals surface area contributed by atoms with Crippen molar-refractivity contribution in [3.63, 3.8) is 0 Å². The number of aliphatic hydroxyl groups is 1. The minimum atomic E-state index is -1.48. The van der Waals surface area contributed by atoms with Gasteiger partial charge in [0.15, 0.2) is 6.10 Å². The van der Waals surface area contributed by atoms with Crippen LogP contribution >= 0.6 is 0 Å². The van der Waals surface area contributed by atoms with Gasteiger partial charge >= 0.3 is 5.97 Å². The van der Waals surface area contributed by atoms with Crippen LogP contribution in [-0.2, 0) is 4.79 Å². The van der Waals surface area contributed by atoms with E-state index in [2.05, 4.69) is 5.10 Å². The van der Waals surface area contributed by atoms with Crippen molar-refractivity contribution in [3.8, 4) is 5.69 Å². The quantitative estimate of drug-likeness (QED) is 0.805. The number of nitrogens with zero attached hydrogens (tertiary/aromatic N) is 2. The number of hydrogen-bond acceptors (Lipinski definition) is 3. The highest BCUT2D eigenvalue weighted by Gasteiger charge is 2.15. The molecule has 1 aromatic heterocycles. The third-order valence-electron chi connectivity index (χ3n) is 2.21. The molecular weight excluding hydrogens is 208 g/mol. The van der Waals surface area contributed by atoms with E-state index in [1.165, 1.54) is 0 Å². The van der Waals surface area contributed by atoms with E-state index >= 15 is 0 Å². The summed E-state index contributed by atoms with van der Waals surface area (Å²) in [5, 5.41) is 22.0. The maximum atomic E-state index is 10.5. The van der Waals surface area contributed by atoms with Gasteiger partial charge in [-0.3, -0.25) is 0 Å². The molecule has 1 aromatic carbocycles. The molecule has 2 N–H and O–H groups in total. The van der Waals surface area contributed by atoms with Crippen molar-refractivity contribution < 1.29 is 15.0 Å². The minimum absolute atomic E-state index is 0.350. The fourth-order valence-electron chi connectivity index (χ4n) is 1.37. The number of aliphatic carboxylic acids is 1. The van der Waals surface area contributed by atoms with Crippen molar-refractivity contribution in [1.82, 2.24) is 9.78 Å². The largest absolute Gasteiger partial charge is 0.479 e. The summed E-state index contributed by atoms with van der Waals surface area (Å²) in [6.45, 7) is 0. The van der Waals surface area contributed by atoms with E-state index in [4.69, 9.17) is 5.11 Å². The van der Waals surface area contributed by atoms with Crippen LogP contribution in [0.25, 0.3) is 5.69 Å². The first-order valence-electron chi connectivity index (χ1n) is 4.69. The second-order valence-electron chi connectivity index (χ2n) is 3.28. The molecule has 0 amide bonds. The molecule has 5 nitrogen and oxygen atoms in total. The Kier molecular flexibility index (Phi) is 2.70. The Labute approximate surface area is 91.6 Å². The smallest absolute Gasteiger partial charge is 0.337 e. The van der Waals surface area contributed by atoms with Crippen molar-refractivity contribution in [3.05, 3.63) is 48.3 Å². The lowest BCUT2D eigenvalue weighted by atomic mass is 10.1. The van der Waals surface area contributed by atoms with Crippen molar-refractivity contribution in [2.24, 2.45) is 0 Å². The second-order valence-corrected chi connectivity index (χ2v) is 3.28. The van der Waals surface area contributed by atoms with E-state index in [1.54, 1.807) is 47.4 Å². The van der Waals surface area contributed by atoms with E-state index in [0.29, 0.717) is 5.56 Å². The van der Waals surface area contributed by atoms with Gasteiger partial charge in [0.2, 0.25) is 0 Å². The number of hydrogen-bond donors (Lipinski definition) is 2. The topological polar surface area (TPSA) is 75.3 Å². The van der Waals surface area contributed by atoms with E-state index in [-0.39, 0.29) is 0 Å². The standard InChI is InChI=1S/C11H10N2O3/c14-10(11(15)16)8-2-4-9(5-3-8)13-7-1-6-12-13/h1-7,10,14H,(H,15,16). The van der Waals surface area contributed by atoms with Gasteiger partial charge in [-0.15, -0.1) is 0 Å². The van der Waals surface area contributed by atoms with Crippen LogP contribution < -0.4 is 0 Å². The van der Waals surface area contributed by atoms with Gasteiger partial charge in [0.25, 0.3) is 0 Å². The minimum Gasteiger partial charge on any atom is -0.479 e. The highest BCUT2D eigenvalue weighted by molar-refractivity contribution is 5.74. The molecule has 0 fully saturated rings. The van der Waals surface area contributed by atoms with Crippen LogP contribution in [0.15, 0.2) is 42.7 Å². The monoisotopic (exact) mass is 218 g/mol. The van der Waals surface area contributed by atoms with Crippen LogP contribution in [-0.4, -0.2) is 26.0 Å². The van der Waals surface area contributed by atoms with Gasteiger partial charge in [0.05, 0.1) is 5.69 Å². The van der Waals surface area contributed by atoms with Crippen LogP contribution in [0.1, 0.15) is 11.7 Å². The summed E-state index contributed by atoms with van der Waals surface area (Å²) in [5.41, 5.74) is 1.16. The lowest BCUT2D eigenvalue weighted by Gasteiger charge is -2.06. The molecule has 0 aliphatic carbocycles. The van der Waals surface area contributed by atoms with E-state index in [1.807, 2.05) is 0 Å². The molecule has 1 unspecified atom stereocenters. The molecule has 2 aromatic rings. The third-order valence-corrected chi connectivity index (χ3v) is 2.21. The highest BCUT2D eigenvalue weighted by atomic mass is 16.4. The Bertz CT molecular complexity index is 476. The lowest BCUT2D eigenvalue weighted by molar-refractivity contribution is -0.146. The van der Waals surface area contributed by atoms with Crippen molar-refractivity contribution in [2.75, 3.05) is 0 Å². The fourth-order valence-corrected chi connectivity index (χ4v) is 1.37. The predicted molar refractivity (Wildman–Crippen MR) is 56.2 cm³/mol. The molecule has 0 radical (unpaired) electrons. The van der Waals surface area contributed by atoms with Crippen LogP contribution in [0.4, 0.5) is 0 Å². The van der Waals surface area contributed by atoms with E-state index < -0.39 is 12.1 Å². The van der Waals surface area contributed by atoms with Crippen LogP contribution in [0, 0.1) is 0 Å². The number of carbonyl (C=O) groups is 1. The van der Waals surface area contributed by atoms with Gasteiger partial charge in [-0.2, -0.15) is 5.10 Å². The number of carboxylic acid groups (broad SMARTS) is 1. The summed E-state index contributed by atoms with van der Waals surface area (Å²) in [4.78, 5) is 10.5. The molecule has 0 saturated heterocycles. The third kappa shape index (κ3) is 1.94. The number of benzene rings is 1. The molecule has 0 spiro atoms. The van der Waals surface area contributed by atoms with Gasteiger partial charge in [-0.25, -0.2) is 9.48 Å². The average Bonchev–Trinajstić information content (AvgIpc) is 2.81. The van der Waals surface area contributed by atoms with Gasteiger partial charge < -0.3 is 10.2 Å². The number of carboxylic acids is 1. The van der Waals surface area contributed by atoms with Crippen LogP contribution in [0.2, 0.25) is 0 Å². The van der Waals surface area contributed by atoms with Crippen molar-refractivity contribution in [2.45, 2.75) is 6.10 Å². The summed E-state index contributed by atoms with van der Waals surface area (Å²) >= 11 is 0. The number of aromatic nitrogens is 2. The first kappa shape index (κ1) is 10.4. The summed E-state index contributed by atoms with van der Waals surface area (Å²) in [7, 11) is 0. The average molecular weight is 218 g/mol.